The third-order valence-electron chi connectivity index (χ3n) is 3.69. The second kappa shape index (κ2) is 8.47. The number of aliphatic hydroxyl groups excluding tert-OH is 1. The van der Waals surface area contributed by atoms with E-state index in [1.165, 1.54) is 0 Å². The van der Waals surface area contributed by atoms with Crippen LogP contribution in [0.15, 0.2) is 48.5 Å². The molecule has 2 aromatic carbocycles. The third-order valence-corrected chi connectivity index (χ3v) is 3.69. The molecule has 0 heterocycles. The van der Waals surface area contributed by atoms with Crippen LogP contribution in [-0.4, -0.2) is 50.2 Å². The normalized spacial score (nSPS) is 10.7. The molecule has 5 heteroatoms. The van der Waals surface area contributed by atoms with Gasteiger partial charge in [0.05, 0.1) is 6.61 Å². The molecular formula is C19H25N3O2. The number of amides is 1. The van der Waals surface area contributed by atoms with Gasteiger partial charge in [-0.1, -0.05) is 12.1 Å². The Hall–Kier alpha value is -2.37. The van der Waals surface area contributed by atoms with E-state index in [0.29, 0.717) is 12.1 Å². The Bertz CT molecular complexity index is 669. The molecule has 0 aliphatic carbocycles. The molecule has 0 fully saturated rings. The number of hydrogen-bond donors (Lipinski definition) is 2. The zero-order chi connectivity index (χ0) is 17.5. The second-order valence-corrected chi connectivity index (χ2v) is 6.08. The fraction of sp³-hybridized carbons (Fsp3) is 0.316. The average molecular weight is 327 g/mol. The van der Waals surface area contributed by atoms with Crippen LogP contribution in [0.2, 0.25) is 0 Å². The zero-order valence-corrected chi connectivity index (χ0v) is 14.5. The summed E-state index contributed by atoms with van der Waals surface area (Å²) in [6.45, 7) is 1.48. The molecule has 24 heavy (non-hydrogen) atoms. The maximum absolute atomic E-state index is 12.4. The number of benzene rings is 2. The van der Waals surface area contributed by atoms with E-state index in [4.69, 9.17) is 5.11 Å². The van der Waals surface area contributed by atoms with Crippen LogP contribution in [0.1, 0.15) is 15.9 Å². The summed E-state index contributed by atoms with van der Waals surface area (Å²) in [5.41, 5.74) is 3.50. The molecule has 0 unspecified atom stereocenters. The molecule has 0 spiro atoms. The van der Waals surface area contributed by atoms with Crippen molar-refractivity contribution in [3.63, 3.8) is 0 Å². The lowest BCUT2D eigenvalue weighted by atomic mass is 10.1. The van der Waals surface area contributed by atoms with Gasteiger partial charge in [-0.15, -0.1) is 0 Å². The number of likely N-dealkylation sites (N-methyl/N-ethyl adjacent to an activating group) is 1. The monoisotopic (exact) mass is 327 g/mol. The molecule has 0 aliphatic heterocycles. The van der Waals surface area contributed by atoms with E-state index in [9.17, 15) is 4.79 Å². The van der Waals surface area contributed by atoms with E-state index in [-0.39, 0.29) is 12.5 Å². The molecule has 0 aromatic heterocycles. The van der Waals surface area contributed by atoms with Crippen molar-refractivity contribution < 1.29 is 9.90 Å². The van der Waals surface area contributed by atoms with Crippen molar-refractivity contribution >= 4 is 17.3 Å². The Morgan fingerprint density at radius 2 is 1.79 bits per heavy atom. The van der Waals surface area contributed by atoms with Crippen LogP contribution in [0, 0.1) is 0 Å². The van der Waals surface area contributed by atoms with Gasteiger partial charge < -0.3 is 20.2 Å². The second-order valence-electron chi connectivity index (χ2n) is 6.08. The highest BCUT2D eigenvalue weighted by molar-refractivity contribution is 6.04. The Labute approximate surface area is 143 Å². The van der Waals surface area contributed by atoms with Crippen LogP contribution in [0.25, 0.3) is 0 Å². The van der Waals surface area contributed by atoms with Crippen LogP contribution in [0.4, 0.5) is 11.4 Å². The first-order valence-corrected chi connectivity index (χ1v) is 7.96. The molecule has 5 nitrogen and oxygen atoms in total. The van der Waals surface area contributed by atoms with Gasteiger partial charge in [0.15, 0.2) is 0 Å². The number of hydrogen-bond acceptors (Lipinski definition) is 4. The van der Waals surface area contributed by atoms with Crippen LogP contribution in [0.5, 0.6) is 0 Å². The molecule has 128 valence electrons. The third kappa shape index (κ3) is 5.08. The van der Waals surface area contributed by atoms with Crippen molar-refractivity contribution in [3.8, 4) is 0 Å². The SMILES string of the molecule is CN(C)Cc1cccc(C(=O)Nc2ccc(N(C)CCO)cc2)c1. The molecular weight excluding hydrogens is 302 g/mol. The summed E-state index contributed by atoms with van der Waals surface area (Å²) in [6, 6.07) is 15.2. The summed E-state index contributed by atoms with van der Waals surface area (Å²) in [5.74, 6) is -0.118. The Morgan fingerprint density at radius 1 is 1.08 bits per heavy atom. The number of carbonyl (C=O) groups is 1. The lowest BCUT2D eigenvalue weighted by molar-refractivity contribution is 0.102. The summed E-state index contributed by atoms with van der Waals surface area (Å²) in [7, 11) is 5.92. The quantitative estimate of drug-likeness (QED) is 0.820. The van der Waals surface area contributed by atoms with Gasteiger partial charge in [-0.05, 0) is 56.1 Å². The van der Waals surface area contributed by atoms with Crippen LogP contribution >= 0.6 is 0 Å². The molecule has 0 saturated carbocycles. The molecule has 0 aliphatic rings. The van der Waals surface area contributed by atoms with E-state index in [2.05, 4.69) is 10.2 Å². The van der Waals surface area contributed by atoms with Crippen molar-refractivity contribution in [2.24, 2.45) is 0 Å². The van der Waals surface area contributed by atoms with Crippen molar-refractivity contribution in [3.05, 3.63) is 59.7 Å². The highest BCUT2D eigenvalue weighted by Gasteiger charge is 2.08. The summed E-state index contributed by atoms with van der Waals surface area (Å²) in [4.78, 5) is 16.4. The lowest BCUT2D eigenvalue weighted by Crippen LogP contribution is -2.21. The minimum Gasteiger partial charge on any atom is -0.395 e. The van der Waals surface area contributed by atoms with Crippen LogP contribution in [-0.2, 0) is 6.54 Å². The van der Waals surface area contributed by atoms with Crippen molar-refractivity contribution in [2.45, 2.75) is 6.54 Å². The minimum atomic E-state index is -0.118. The van der Waals surface area contributed by atoms with Crippen molar-refractivity contribution in [2.75, 3.05) is 44.5 Å². The van der Waals surface area contributed by atoms with E-state index < -0.39 is 0 Å². The standard InChI is InChI=1S/C19H25N3O2/c1-21(2)14-15-5-4-6-16(13-15)19(24)20-17-7-9-18(10-8-17)22(3)11-12-23/h4-10,13,23H,11-12,14H2,1-3H3,(H,20,24). The fourth-order valence-corrected chi connectivity index (χ4v) is 2.46. The molecule has 2 aromatic rings. The first-order valence-electron chi connectivity index (χ1n) is 7.96. The van der Waals surface area contributed by atoms with Gasteiger partial charge >= 0.3 is 0 Å². The van der Waals surface area contributed by atoms with Gasteiger partial charge in [0.1, 0.15) is 0 Å². The predicted octanol–water partition coefficient (Wildman–Crippen LogP) is 2.43. The largest absolute Gasteiger partial charge is 0.395 e. The van der Waals surface area contributed by atoms with Gasteiger partial charge in [0, 0.05) is 37.1 Å². The van der Waals surface area contributed by atoms with Crippen molar-refractivity contribution in [1.82, 2.24) is 4.90 Å². The zero-order valence-electron chi connectivity index (χ0n) is 14.5. The smallest absolute Gasteiger partial charge is 0.255 e. The first-order chi connectivity index (χ1) is 11.5. The van der Waals surface area contributed by atoms with Gasteiger partial charge in [-0.3, -0.25) is 4.79 Å². The maximum Gasteiger partial charge on any atom is 0.255 e. The fourth-order valence-electron chi connectivity index (χ4n) is 2.46. The number of anilines is 2. The molecule has 0 bridgehead atoms. The van der Waals surface area contributed by atoms with E-state index in [1.807, 2.05) is 74.6 Å². The molecule has 1 amide bonds. The van der Waals surface area contributed by atoms with Crippen molar-refractivity contribution in [1.29, 1.82) is 0 Å². The molecule has 0 radical (unpaired) electrons. The lowest BCUT2D eigenvalue weighted by Gasteiger charge is -2.18. The molecule has 2 rings (SSSR count). The van der Waals surface area contributed by atoms with Gasteiger partial charge in [-0.25, -0.2) is 0 Å². The number of aliphatic hydroxyl groups is 1. The highest BCUT2D eigenvalue weighted by atomic mass is 16.3. The summed E-state index contributed by atoms with van der Waals surface area (Å²) >= 11 is 0. The van der Waals surface area contributed by atoms with Crippen LogP contribution < -0.4 is 10.2 Å². The summed E-state index contributed by atoms with van der Waals surface area (Å²) in [6.07, 6.45) is 0. The number of rotatable bonds is 7. The maximum atomic E-state index is 12.4. The van der Waals surface area contributed by atoms with Gasteiger partial charge in [-0.2, -0.15) is 0 Å². The van der Waals surface area contributed by atoms with Crippen LogP contribution in [0.3, 0.4) is 0 Å². The Balaban J connectivity index is 2.04. The molecule has 0 atom stereocenters. The topological polar surface area (TPSA) is 55.8 Å². The van der Waals surface area contributed by atoms with Gasteiger partial charge in [0.25, 0.3) is 5.91 Å². The number of nitrogens with one attached hydrogen (secondary N) is 1. The average Bonchev–Trinajstić information content (AvgIpc) is 2.55. The minimum absolute atomic E-state index is 0.109. The number of carbonyl (C=O) groups excluding carboxylic acids is 1. The molecule has 0 saturated heterocycles. The number of nitrogens with zero attached hydrogens (tertiary/aromatic N) is 2. The highest BCUT2D eigenvalue weighted by Crippen LogP contribution is 2.17. The van der Waals surface area contributed by atoms with E-state index >= 15 is 0 Å². The predicted molar refractivity (Wildman–Crippen MR) is 98.6 cm³/mol. The summed E-state index contributed by atoms with van der Waals surface area (Å²) in [5, 5.41) is 11.9. The van der Waals surface area contributed by atoms with E-state index in [1.54, 1.807) is 0 Å². The van der Waals surface area contributed by atoms with E-state index in [0.717, 1.165) is 23.5 Å². The summed E-state index contributed by atoms with van der Waals surface area (Å²) < 4.78 is 0. The van der Waals surface area contributed by atoms with Gasteiger partial charge in [0.2, 0.25) is 0 Å². The first kappa shape index (κ1) is 18.0. The Morgan fingerprint density at radius 3 is 2.42 bits per heavy atom. The molecule has 2 N–H and O–H groups in total. The Kier molecular flexibility index (Phi) is 6.35.